The molecule has 1 fully saturated rings. The Hall–Kier alpha value is -1.46. The average Bonchev–Trinajstić information content (AvgIpc) is 2.85. The number of benzene rings is 1. The molecule has 1 saturated heterocycles. The Bertz CT molecular complexity index is 540. The Balaban J connectivity index is 2.41. The maximum atomic E-state index is 11.5. The van der Waals surface area contributed by atoms with Gasteiger partial charge in [-0.15, -0.1) is 0 Å². The molecule has 1 heterocycles. The number of phenolic OH excluding ortho intramolecular Hbond substituents is 1. The van der Waals surface area contributed by atoms with Gasteiger partial charge in [-0.25, -0.2) is 4.99 Å². The fourth-order valence-corrected chi connectivity index (χ4v) is 2.36. The van der Waals surface area contributed by atoms with Gasteiger partial charge in [-0.1, -0.05) is 23.2 Å². The van der Waals surface area contributed by atoms with Gasteiger partial charge in [0.05, 0.1) is 15.7 Å². The first kappa shape index (κ1) is 14.0. The molecule has 0 saturated carbocycles. The fourth-order valence-electron chi connectivity index (χ4n) is 1.94. The van der Waals surface area contributed by atoms with E-state index >= 15 is 0 Å². The minimum absolute atomic E-state index is 0.130. The zero-order valence-corrected chi connectivity index (χ0v) is 11.6. The van der Waals surface area contributed by atoms with E-state index in [4.69, 9.17) is 28.9 Å². The summed E-state index contributed by atoms with van der Waals surface area (Å²) in [7, 11) is 0. The van der Waals surface area contributed by atoms with Crippen molar-refractivity contribution in [1.29, 1.82) is 0 Å². The quantitative estimate of drug-likeness (QED) is 0.617. The van der Waals surface area contributed by atoms with Crippen LogP contribution in [0.3, 0.4) is 0 Å². The summed E-state index contributed by atoms with van der Waals surface area (Å²) in [6, 6.07) is 2.68. The Labute approximate surface area is 120 Å². The molecule has 0 radical (unpaired) electrons. The Morgan fingerprint density at radius 3 is 2.47 bits per heavy atom. The monoisotopic (exact) mass is 301 g/mol. The second-order valence-electron chi connectivity index (χ2n) is 4.25. The van der Waals surface area contributed by atoms with Crippen molar-refractivity contribution in [2.45, 2.75) is 12.8 Å². The van der Waals surface area contributed by atoms with Gasteiger partial charge in [0.1, 0.15) is 5.75 Å². The van der Waals surface area contributed by atoms with Gasteiger partial charge in [0.15, 0.2) is 5.84 Å². The van der Waals surface area contributed by atoms with Gasteiger partial charge in [0.25, 0.3) is 5.91 Å². The van der Waals surface area contributed by atoms with Crippen molar-refractivity contribution in [3.05, 3.63) is 22.2 Å². The zero-order valence-electron chi connectivity index (χ0n) is 10.1. The van der Waals surface area contributed by atoms with E-state index in [-0.39, 0.29) is 27.3 Å². The molecule has 1 aromatic carbocycles. The van der Waals surface area contributed by atoms with Crippen LogP contribution in [0.15, 0.2) is 17.1 Å². The van der Waals surface area contributed by atoms with Crippen molar-refractivity contribution in [3.8, 4) is 5.75 Å². The molecule has 102 valence electrons. The zero-order chi connectivity index (χ0) is 14.0. The van der Waals surface area contributed by atoms with Crippen molar-refractivity contribution in [1.82, 2.24) is 4.90 Å². The van der Waals surface area contributed by atoms with Crippen molar-refractivity contribution < 1.29 is 9.90 Å². The lowest BCUT2D eigenvalue weighted by atomic mass is 10.3. The van der Waals surface area contributed by atoms with Crippen LogP contribution in [-0.2, 0) is 4.79 Å². The predicted octanol–water partition coefficient (Wildman–Crippen LogP) is 2.31. The van der Waals surface area contributed by atoms with Crippen LogP contribution in [0.4, 0.5) is 5.69 Å². The molecular formula is C12H13Cl2N3O2. The molecule has 5 nitrogen and oxygen atoms in total. The number of aromatic hydroxyl groups is 1. The van der Waals surface area contributed by atoms with E-state index in [0.717, 1.165) is 25.9 Å². The second-order valence-corrected chi connectivity index (χ2v) is 5.06. The summed E-state index contributed by atoms with van der Waals surface area (Å²) < 4.78 is 0. The van der Waals surface area contributed by atoms with Crippen LogP contribution in [0.2, 0.25) is 10.0 Å². The molecule has 0 spiro atoms. The number of amides is 1. The number of likely N-dealkylation sites (tertiary alicyclic amines) is 1. The summed E-state index contributed by atoms with van der Waals surface area (Å²) in [5.74, 6) is -0.608. The van der Waals surface area contributed by atoms with Gasteiger partial charge < -0.3 is 15.7 Å². The molecule has 0 bridgehead atoms. The predicted molar refractivity (Wildman–Crippen MR) is 75.2 cm³/mol. The topological polar surface area (TPSA) is 78.9 Å². The molecule has 1 aromatic rings. The first-order valence-corrected chi connectivity index (χ1v) is 6.56. The van der Waals surface area contributed by atoms with Crippen molar-refractivity contribution in [3.63, 3.8) is 0 Å². The highest BCUT2D eigenvalue weighted by molar-refractivity contribution is 6.39. The molecule has 7 heteroatoms. The van der Waals surface area contributed by atoms with Crippen LogP contribution < -0.4 is 5.73 Å². The highest BCUT2D eigenvalue weighted by Gasteiger charge is 2.21. The number of rotatable bonds is 1. The molecule has 2 rings (SSSR count). The molecule has 0 atom stereocenters. The normalized spacial score (nSPS) is 15.9. The highest BCUT2D eigenvalue weighted by atomic mass is 35.5. The van der Waals surface area contributed by atoms with Crippen LogP contribution in [0.5, 0.6) is 5.75 Å². The lowest BCUT2D eigenvalue weighted by molar-refractivity contribution is -0.112. The van der Waals surface area contributed by atoms with E-state index in [9.17, 15) is 9.90 Å². The fraction of sp³-hybridized carbons (Fsp3) is 0.333. The van der Waals surface area contributed by atoms with E-state index < -0.39 is 5.91 Å². The lowest BCUT2D eigenvalue weighted by Gasteiger charge is -2.17. The molecule has 1 aliphatic rings. The summed E-state index contributed by atoms with van der Waals surface area (Å²) in [5.41, 5.74) is 5.61. The number of nitrogens with two attached hydrogens (primary N) is 1. The number of amidine groups is 1. The summed E-state index contributed by atoms with van der Waals surface area (Å²) in [6.07, 6.45) is 1.98. The molecule has 0 aromatic heterocycles. The summed E-state index contributed by atoms with van der Waals surface area (Å²) in [4.78, 5) is 17.4. The largest absolute Gasteiger partial charge is 0.506 e. The standard InChI is InChI=1S/C12H13Cl2N3O2/c13-7-5-8(14)10(18)6-9(7)16-12(11(15)19)17-3-1-2-4-17/h5-6,18H,1-4H2,(H2,15,19). The molecule has 0 aliphatic carbocycles. The lowest BCUT2D eigenvalue weighted by Crippen LogP contribution is -2.38. The molecular weight excluding hydrogens is 289 g/mol. The molecule has 19 heavy (non-hydrogen) atoms. The van der Waals surface area contributed by atoms with E-state index in [1.165, 1.54) is 12.1 Å². The van der Waals surface area contributed by atoms with Crippen LogP contribution in [0.1, 0.15) is 12.8 Å². The number of carbonyl (C=O) groups is 1. The van der Waals surface area contributed by atoms with Crippen LogP contribution >= 0.6 is 23.2 Å². The van der Waals surface area contributed by atoms with Crippen LogP contribution in [0, 0.1) is 0 Å². The highest BCUT2D eigenvalue weighted by Crippen LogP contribution is 2.35. The molecule has 3 N–H and O–H groups in total. The van der Waals surface area contributed by atoms with E-state index in [0.29, 0.717) is 0 Å². The van der Waals surface area contributed by atoms with E-state index in [1.54, 1.807) is 0 Å². The Morgan fingerprint density at radius 2 is 1.89 bits per heavy atom. The summed E-state index contributed by atoms with van der Waals surface area (Å²) in [6.45, 7) is 1.47. The second kappa shape index (κ2) is 5.67. The number of hydrogen-bond acceptors (Lipinski definition) is 3. The van der Waals surface area contributed by atoms with Crippen molar-refractivity contribution in [2.75, 3.05) is 13.1 Å². The third-order valence-electron chi connectivity index (χ3n) is 2.87. The third kappa shape index (κ3) is 3.11. The number of aliphatic imine (C=N–C) groups is 1. The van der Waals surface area contributed by atoms with E-state index in [1.807, 2.05) is 4.90 Å². The third-order valence-corrected chi connectivity index (χ3v) is 3.47. The van der Waals surface area contributed by atoms with Gasteiger partial charge in [-0.3, -0.25) is 4.79 Å². The summed E-state index contributed by atoms with van der Waals surface area (Å²) >= 11 is 11.7. The molecule has 0 unspecified atom stereocenters. The number of nitrogens with zero attached hydrogens (tertiary/aromatic N) is 2. The van der Waals surface area contributed by atoms with Gasteiger partial charge in [-0.2, -0.15) is 0 Å². The Morgan fingerprint density at radius 1 is 1.26 bits per heavy atom. The molecule has 1 aliphatic heterocycles. The van der Waals surface area contributed by atoms with Gasteiger partial charge in [0.2, 0.25) is 0 Å². The number of carbonyl (C=O) groups excluding carboxylic acids is 1. The first-order valence-electron chi connectivity index (χ1n) is 5.80. The smallest absolute Gasteiger partial charge is 0.284 e. The molecule has 1 amide bonds. The van der Waals surface area contributed by atoms with Gasteiger partial charge >= 0.3 is 0 Å². The first-order chi connectivity index (χ1) is 8.99. The number of hydrogen-bond donors (Lipinski definition) is 2. The summed E-state index contributed by atoms with van der Waals surface area (Å²) in [5, 5.41) is 9.93. The SMILES string of the molecule is NC(=O)C(=Nc1cc(O)c(Cl)cc1Cl)N1CCCC1. The number of halogens is 2. The van der Waals surface area contributed by atoms with Crippen molar-refractivity contribution in [2.24, 2.45) is 10.7 Å². The average molecular weight is 302 g/mol. The number of phenols is 1. The number of primary amides is 1. The Kier molecular flexibility index (Phi) is 4.17. The maximum absolute atomic E-state index is 11.5. The minimum Gasteiger partial charge on any atom is -0.506 e. The van der Waals surface area contributed by atoms with E-state index in [2.05, 4.69) is 4.99 Å². The van der Waals surface area contributed by atoms with Gasteiger partial charge in [-0.05, 0) is 18.9 Å². The van der Waals surface area contributed by atoms with Crippen LogP contribution in [-0.4, -0.2) is 34.8 Å². The minimum atomic E-state index is -0.618. The van der Waals surface area contributed by atoms with Crippen molar-refractivity contribution >= 4 is 40.6 Å². The maximum Gasteiger partial charge on any atom is 0.284 e. The van der Waals surface area contributed by atoms with Crippen LogP contribution in [0.25, 0.3) is 0 Å². The van der Waals surface area contributed by atoms with Gasteiger partial charge in [0, 0.05) is 19.2 Å².